The van der Waals surface area contributed by atoms with E-state index in [2.05, 4.69) is 20.9 Å². The molecule has 0 saturated heterocycles. The van der Waals surface area contributed by atoms with Crippen LogP contribution in [0.5, 0.6) is 0 Å². The van der Waals surface area contributed by atoms with Crippen LogP contribution < -0.4 is 5.73 Å². The highest BCUT2D eigenvalue weighted by molar-refractivity contribution is 9.11. The third-order valence-electron chi connectivity index (χ3n) is 1.65. The van der Waals surface area contributed by atoms with Crippen molar-refractivity contribution in [2.45, 2.75) is 0 Å². The summed E-state index contributed by atoms with van der Waals surface area (Å²) in [6, 6.07) is 9.97. The molecule has 0 spiro atoms. The molecule has 0 amide bonds. The molecule has 2 N–H and O–H groups in total. The molecule has 74 valence electrons. The molecule has 1 aromatic carbocycles. The molecule has 0 aliphatic carbocycles. The lowest BCUT2D eigenvalue weighted by atomic mass is 10.2. The summed E-state index contributed by atoms with van der Waals surface area (Å²) in [4.78, 5) is 4.23. The lowest BCUT2D eigenvalue weighted by Crippen LogP contribution is -1.82. The molecule has 2 nitrogen and oxygen atoms in total. The minimum absolute atomic E-state index is 0. The molecule has 0 aliphatic rings. The van der Waals surface area contributed by atoms with E-state index >= 15 is 0 Å². The van der Waals surface area contributed by atoms with Crippen LogP contribution >= 0.6 is 44.2 Å². The molecule has 0 fully saturated rings. The summed E-state index contributed by atoms with van der Waals surface area (Å²) in [5, 5.41) is 0.589. The van der Waals surface area contributed by atoms with Crippen molar-refractivity contribution in [2.75, 3.05) is 5.73 Å². The minimum atomic E-state index is 0. The predicted molar refractivity (Wildman–Crippen MR) is 70.0 cm³/mol. The number of halogens is 2. The zero-order valence-electron chi connectivity index (χ0n) is 7.11. The molecule has 0 aliphatic heterocycles. The van der Waals surface area contributed by atoms with Gasteiger partial charge in [-0.05, 0) is 15.9 Å². The number of hydrogen-bond acceptors (Lipinski definition) is 3. The highest BCUT2D eigenvalue weighted by Gasteiger charge is 2.07. The van der Waals surface area contributed by atoms with Gasteiger partial charge in [0, 0.05) is 5.56 Å². The molecule has 5 heteroatoms. The molecule has 0 unspecified atom stereocenters. The Balaban J connectivity index is 0.000000980. The maximum absolute atomic E-state index is 5.59. The van der Waals surface area contributed by atoms with E-state index in [9.17, 15) is 0 Å². The molecule has 2 aromatic rings. The Bertz CT molecular complexity index is 414. The molecule has 1 aromatic heterocycles. The van der Waals surface area contributed by atoms with E-state index in [1.54, 1.807) is 0 Å². The van der Waals surface area contributed by atoms with Crippen LogP contribution in [-0.4, -0.2) is 4.98 Å². The third-order valence-corrected chi connectivity index (χ3v) is 3.18. The van der Waals surface area contributed by atoms with Gasteiger partial charge in [-0.15, -0.1) is 17.0 Å². The molecule has 0 saturated carbocycles. The normalized spacial score (nSPS) is 9.50. The predicted octanol–water partition coefficient (Wildman–Crippen LogP) is 3.73. The Morgan fingerprint density at radius 3 is 2.36 bits per heavy atom. The Labute approximate surface area is 105 Å². The first-order chi connectivity index (χ1) is 6.27. The lowest BCUT2D eigenvalue weighted by Gasteiger charge is -1.95. The van der Waals surface area contributed by atoms with Crippen LogP contribution in [-0.2, 0) is 0 Å². The second-order valence-electron chi connectivity index (χ2n) is 2.54. The Hall–Kier alpha value is -0.390. The molecular formula is C9H8Br2N2S. The largest absolute Gasteiger partial charge is 0.375 e. The van der Waals surface area contributed by atoms with E-state index in [1.165, 1.54) is 11.3 Å². The number of nitrogen functional groups attached to an aromatic ring is 1. The summed E-state index contributed by atoms with van der Waals surface area (Å²) in [6.07, 6.45) is 0. The van der Waals surface area contributed by atoms with Crippen LogP contribution in [0.25, 0.3) is 11.3 Å². The molecule has 0 atom stereocenters. The Morgan fingerprint density at radius 2 is 1.86 bits per heavy atom. The quantitative estimate of drug-likeness (QED) is 0.862. The van der Waals surface area contributed by atoms with Gasteiger partial charge in [0.25, 0.3) is 0 Å². The minimum Gasteiger partial charge on any atom is -0.375 e. The number of thiazole rings is 1. The van der Waals surface area contributed by atoms with Gasteiger partial charge in [-0.2, -0.15) is 0 Å². The van der Waals surface area contributed by atoms with Crippen molar-refractivity contribution in [3.05, 3.63) is 34.1 Å². The smallest absolute Gasteiger partial charge is 0.181 e. The van der Waals surface area contributed by atoms with E-state index in [-0.39, 0.29) is 17.0 Å². The van der Waals surface area contributed by atoms with E-state index in [0.717, 1.165) is 15.0 Å². The number of aromatic nitrogens is 1. The Morgan fingerprint density at radius 1 is 1.21 bits per heavy atom. The molecule has 0 radical (unpaired) electrons. The molecule has 2 rings (SSSR count). The van der Waals surface area contributed by atoms with Crippen LogP contribution in [0.2, 0.25) is 0 Å². The summed E-state index contributed by atoms with van der Waals surface area (Å²) < 4.78 is 0.983. The zero-order valence-corrected chi connectivity index (χ0v) is 11.2. The molecule has 0 bridgehead atoms. The summed E-state index contributed by atoms with van der Waals surface area (Å²) in [5.41, 5.74) is 7.60. The fraction of sp³-hybridized carbons (Fsp3) is 0. The van der Waals surface area contributed by atoms with Crippen LogP contribution in [0.15, 0.2) is 34.1 Å². The number of rotatable bonds is 1. The van der Waals surface area contributed by atoms with Gasteiger partial charge < -0.3 is 5.73 Å². The third kappa shape index (κ3) is 2.34. The van der Waals surface area contributed by atoms with E-state index < -0.39 is 0 Å². The first-order valence-electron chi connectivity index (χ1n) is 3.74. The van der Waals surface area contributed by atoms with Gasteiger partial charge in [0.2, 0.25) is 0 Å². The van der Waals surface area contributed by atoms with Crippen molar-refractivity contribution < 1.29 is 0 Å². The summed E-state index contributed by atoms with van der Waals surface area (Å²) >= 11 is 4.88. The lowest BCUT2D eigenvalue weighted by molar-refractivity contribution is 1.40. The van der Waals surface area contributed by atoms with Gasteiger partial charge >= 0.3 is 0 Å². The van der Waals surface area contributed by atoms with E-state index in [4.69, 9.17) is 5.73 Å². The van der Waals surface area contributed by atoms with Crippen molar-refractivity contribution in [1.82, 2.24) is 4.98 Å². The van der Waals surface area contributed by atoms with Gasteiger partial charge in [-0.25, -0.2) is 4.98 Å². The second kappa shape index (κ2) is 4.91. The summed E-state index contributed by atoms with van der Waals surface area (Å²) in [5.74, 6) is 0. The number of anilines is 1. The van der Waals surface area contributed by atoms with Crippen molar-refractivity contribution >= 4 is 49.4 Å². The van der Waals surface area contributed by atoms with Crippen molar-refractivity contribution in [1.29, 1.82) is 0 Å². The van der Waals surface area contributed by atoms with Crippen molar-refractivity contribution in [3.63, 3.8) is 0 Å². The second-order valence-corrected chi connectivity index (χ2v) is 4.89. The first-order valence-corrected chi connectivity index (χ1v) is 5.35. The monoisotopic (exact) mass is 334 g/mol. The maximum atomic E-state index is 5.59. The van der Waals surface area contributed by atoms with Gasteiger partial charge in [0.05, 0.1) is 9.48 Å². The number of nitrogens with zero attached hydrogens (tertiary/aromatic N) is 1. The SMILES string of the molecule is Br.Nc1nc(-c2ccccc2)c(Br)s1. The van der Waals surface area contributed by atoms with E-state index in [1.807, 2.05) is 30.3 Å². The van der Waals surface area contributed by atoms with Crippen molar-refractivity contribution in [3.8, 4) is 11.3 Å². The fourth-order valence-electron chi connectivity index (χ4n) is 1.09. The number of hydrogen-bond donors (Lipinski definition) is 1. The van der Waals surface area contributed by atoms with Gasteiger partial charge in [-0.3, -0.25) is 0 Å². The standard InChI is InChI=1S/C9H7BrN2S.BrH/c10-8-7(12-9(11)13-8)6-4-2-1-3-5-6;/h1-5H,(H2,11,12);1H. The highest BCUT2D eigenvalue weighted by Crippen LogP contribution is 2.33. The van der Waals surface area contributed by atoms with Gasteiger partial charge in [0.15, 0.2) is 5.13 Å². The van der Waals surface area contributed by atoms with Crippen LogP contribution in [0, 0.1) is 0 Å². The highest BCUT2D eigenvalue weighted by atomic mass is 79.9. The number of benzene rings is 1. The van der Waals surface area contributed by atoms with Crippen LogP contribution in [0.3, 0.4) is 0 Å². The zero-order chi connectivity index (χ0) is 9.26. The topological polar surface area (TPSA) is 38.9 Å². The van der Waals surface area contributed by atoms with Gasteiger partial charge in [-0.1, -0.05) is 41.7 Å². The first kappa shape index (κ1) is 11.7. The van der Waals surface area contributed by atoms with Gasteiger partial charge in [0.1, 0.15) is 0 Å². The Kier molecular flexibility index (Phi) is 4.10. The van der Waals surface area contributed by atoms with Crippen LogP contribution in [0.4, 0.5) is 5.13 Å². The summed E-state index contributed by atoms with van der Waals surface area (Å²) in [6.45, 7) is 0. The number of nitrogens with two attached hydrogens (primary N) is 1. The molecular weight excluding hydrogens is 328 g/mol. The molecule has 1 heterocycles. The van der Waals surface area contributed by atoms with E-state index in [0.29, 0.717) is 5.13 Å². The van der Waals surface area contributed by atoms with Crippen molar-refractivity contribution in [2.24, 2.45) is 0 Å². The fourth-order valence-corrected chi connectivity index (χ4v) is 2.49. The molecule has 14 heavy (non-hydrogen) atoms. The summed E-state index contributed by atoms with van der Waals surface area (Å²) in [7, 11) is 0. The average Bonchev–Trinajstić information content (AvgIpc) is 2.47. The maximum Gasteiger partial charge on any atom is 0.181 e. The average molecular weight is 336 g/mol. The van der Waals surface area contributed by atoms with Crippen LogP contribution in [0.1, 0.15) is 0 Å².